The van der Waals surface area contributed by atoms with E-state index in [9.17, 15) is 4.79 Å². The van der Waals surface area contributed by atoms with E-state index in [0.29, 0.717) is 5.69 Å². The molecule has 1 aliphatic rings. The summed E-state index contributed by atoms with van der Waals surface area (Å²) in [7, 11) is 0. The molecule has 6 nitrogen and oxygen atoms in total. The van der Waals surface area contributed by atoms with E-state index >= 15 is 0 Å². The van der Waals surface area contributed by atoms with E-state index in [-0.39, 0.29) is 36.8 Å². The van der Waals surface area contributed by atoms with E-state index in [1.165, 1.54) is 0 Å². The summed E-state index contributed by atoms with van der Waals surface area (Å²) in [6, 6.07) is 5.60. The van der Waals surface area contributed by atoms with Crippen LogP contribution in [0.1, 0.15) is 16.9 Å². The molecule has 3 heterocycles. The van der Waals surface area contributed by atoms with Gasteiger partial charge in [-0.3, -0.25) is 9.78 Å². The number of rotatable bonds is 3. The highest BCUT2D eigenvalue weighted by atomic mass is 35.5. The van der Waals surface area contributed by atoms with Gasteiger partial charge in [0, 0.05) is 31.2 Å². The van der Waals surface area contributed by atoms with Gasteiger partial charge in [0.25, 0.3) is 5.91 Å². The lowest BCUT2D eigenvalue weighted by molar-refractivity contribution is 0.0935. The minimum atomic E-state index is -0.136. The van der Waals surface area contributed by atoms with Crippen molar-refractivity contribution in [2.45, 2.75) is 12.5 Å². The number of hydrogen-bond donors (Lipinski definition) is 2. The van der Waals surface area contributed by atoms with Crippen LogP contribution in [0, 0.1) is 0 Å². The third-order valence-corrected chi connectivity index (χ3v) is 3.14. The second kappa shape index (κ2) is 7.97. The second-order valence-corrected chi connectivity index (χ2v) is 4.51. The molecule has 1 fully saturated rings. The molecule has 0 aliphatic carbocycles. The summed E-state index contributed by atoms with van der Waals surface area (Å²) >= 11 is 0. The Hall–Kier alpha value is -1.63. The van der Waals surface area contributed by atoms with Gasteiger partial charge in [-0.15, -0.1) is 24.8 Å². The van der Waals surface area contributed by atoms with Crippen molar-refractivity contribution in [2.75, 3.05) is 13.1 Å². The second-order valence-electron chi connectivity index (χ2n) is 4.51. The molecule has 8 heteroatoms. The monoisotopic (exact) mass is 329 g/mol. The van der Waals surface area contributed by atoms with Crippen molar-refractivity contribution in [3.8, 4) is 5.69 Å². The molecule has 0 bridgehead atoms. The number of carbonyl (C=O) groups excluding carboxylic acids is 1. The molecule has 0 radical (unpaired) electrons. The number of nitrogens with one attached hydrogen (secondary N) is 2. The molecule has 1 atom stereocenters. The molecule has 1 amide bonds. The van der Waals surface area contributed by atoms with Gasteiger partial charge in [-0.25, -0.2) is 4.68 Å². The van der Waals surface area contributed by atoms with Crippen molar-refractivity contribution in [3.05, 3.63) is 42.5 Å². The Morgan fingerprint density at radius 2 is 2.24 bits per heavy atom. The summed E-state index contributed by atoms with van der Waals surface area (Å²) < 4.78 is 1.70. The van der Waals surface area contributed by atoms with Crippen LogP contribution >= 0.6 is 24.8 Å². The van der Waals surface area contributed by atoms with Crippen LogP contribution in [-0.2, 0) is 0 Å². The molecule has 0 saturated carbocycles. The fourth-order valence-electron chi connectivity index (χ4n) is 2.14. The number of nitrogens with zero attached hydrogens (tertiary/aromatic N) is 3. The molecule has 21 heavy (non-hydrogen) atoms. The minimum absolute atomic E-state index is 0. The van der Waals surface area contributed by atoms with E-state index in [4.69, 9.17) is 0 Å². The summed E-state index contributed by atoms with van der Waals surface area (Å²) in [5.41, 5.74) is 1.24. The van der Waals surface area contributed by atoms with Crippen molar-refractivity contribution in [2.24, 2.45) is 0 Å². The van der Waals surface area contributed by atoms with Gasteiger partial charge in [-0.1, -0.05) is 0 Å². The third kappa shape index (κ3) is 4.17. The summed E-state index contributed by atoms with van der Waals surface area (Å²) in [4.78, 5) is 16.2. The highest BCUT2D eigenvalue weighted by Crippen LogP contribution is 2.08. The zero-order chi connectivity index (χ0) is 13.1. The van der Waals surface area contributed by atoms with Crippen molar-refractivity contribution >= 4 is 30.7 Å². The minimum Gasteiger partial charge on any atom is -0.347 e. The Labute approximate surface area is 135 Å². The van der Waals surface area contributed by atoms with E-state index in [2.05, 4.69) is 20.7 Å². The molecule has 0 aromatic carbocycles. The highest BCUT2D eigenvalue weighted by Gasteiger charge is 2.18. The predicted molar refractivity (Wildman–Crippen MR) is 84.6 cm³/mol. The number of pyridine rings is 1. The van der Waals surface area contributed by atoms with E-state index in [1.54, 1.807) is 23.1 Å². The van der Waals surface area contributed by atoms with Crippen LogP contribution in [0.2, 0.25) is 0 Å². The van der Waals surface area contributed by atoms with Crippen molar-refractivity contribution in [1.82, 2.24) is 25.4 Å². The number of carbonyl (C=O) groups is 1. The van der Waals surface area contributed by atoms with Gasteiger partial charge in [-0.2, -0.15) is 5.10 Å². The van der Waals surface area contributed by atoms with Gasteiger partial charge in [0.05, 0.1) is 5.69 Å². The number of hydrogen-bond acceptors (Lipinski definition) is 4. The predicted octanol–water partition coefficient (Wildman–Crippen LogP) is 1.20. The smallest absolute Gasteiger partial charge is 0.270 e. The van der Waals surface area contributed by atoms with Crippen LogP contribution in [0.4, 0.5) is 0 Å². The number of aromatic nitrogens is 3. The van der Waals surface area contributed by atoms with E-state index in [1.807, 2.05) is 18.3 Å². The third-order valence-electron chi connectivity index (χ3n) is 3.14. The first-order valence-corrected chi connectivity index (χ1v) is 6.30. The van der Waals surface area contributed by atoms with Gasteiger partial charge in [-0.05, 0) is 31.2 Å². The van der Waals surface area contributed by atoms with E-state index in [0.717, 1.165) is 25.2 Å². The highest BCUT2D eigenvalue weighted by molar-refractivity contribution is 5.93. The Kier molecular flexibility index (Phi) is 6.61. The van der Waals surface area contributed by atoms with Crippen LogP contribution in [0.3, 0.4) is 0 Å². The fraction of sp³-hybridized carbons (Fsp3) is 0.308. The number of amides is 1. The van der Waals surface area contributed by atoms with Gasteiger partial charge in [0.1, 0.15) is 5.69 Å². The maximum absolute atomic E-state index is 12.1. The summed E-state index contributed by atoms with van der Waals surface area (Å²) in [6.07, 6.45) is 6.12. The molecule has 2 N–H and O–H groups in total. The molecule has 0 spiro atoms. The van der Waals surface area contributed by atoms with Crippen LogP contribution in [0.15, 0.2) is 36.8 Å². The number of halogens is 2. The summed E-state index contributed by atoms with van der Waals surface area (Å²) in [6.45, 7) is 1.77. The standard InChI is InChI=1S/C13H15N5O.2ClH/c19-13(17-10-2-5-14-9-10)12-8-11(3-6-15-12)18-7-1-4-16-18;;/h1,3-4,6-8,10,14H,2,5,9H2,(H,17,19);2*1H. The summed E-state index contributed by atoms with van der Waals surface area (Å²) in [5, 5.41) is 10.3. The molecule has 114 valence electrons. The van der Waals surface area contributed by atoms with Gasteiger partial charge in [0.15, 0.2) is 0 Å². The first kappa shape index (κ1) is 17.4. The Balaban J connectivity index is 0.00000110. The molecule has 2 aromatic heterocycles. The Morgan fingerprint density at radius 1 is 1.38 bits per heavy atom. The van der Waals surface area contributed by atoms with Crippen molar-refractivity contribution in [3.63, 3.8) is 0 Å². The van der Waals surface area contributed by atoms with Gasteiger partial charge < -0.3 is 10.6 Å². The lowest BCUT2D eigenvalue weighted by atomic mass is 10.2. The normalized spacial score (nSPS) is 16.7. The van der Waals surface area contributed by atoms with Crippen LogP contribution < -0.4 is 10.6 Å². The van der Waals surface area contributed by atoms with Crippen LogP contribution in [0.5, 0.6) is 0 Å². The topological polar surface area (TPSA) is 71.8 Å². The Morgan fingerprint density at radius 3 is 2.90 bits per heavy atom. The maximum Gasteiger partial charge on any atom is 0.270 e. The van der Waals surface area contributed by atoms with Crippen molar-refractivity contribution < 1.29 is 4.79 Å². The summed E-state index contributed by atoms with van der Waals surface area (Å²) in [5.74, 6) is -0.136. The Bertz CT molecular complexity index is 570. The molecule has 2 aromatic rings. The molecular formula is C13H17Cl2N5O. The SMILES string of the molecule is Cl.Cl.O=C(NC1CCNC1)c1cc(-n2cccn2)ccn1. The van der Waals surface area contributed by atoms with Crippen LogP contribution in [-0.4, -0.2) is 39.8 Å². The molecular weight excluding hydrogens is 313 g/mol. The average Bonchev–Trinajstić information content (AvgIpc) is 3.12. The fourth-order valence-corrected chi connectivity index (χ4v) is 2.14. The zero-order valence-corrected chi connectivity index (χ0v) is 12.9. The average molecular weight is 330 g/mol. The maximum atomic E-state index is 12.1. The molecule has 3 rings (SSSR count). The van der Waals surface area contributed by atoms with Crippen LogP contribution in [0.25, 0.3) is 5.69 Å². The molecule has 1 saturated heterocycles. The van der Waals surface area contributed by atoms with Crippen molar-refractivity contribution in [1.29, 1.82) is 0 Å². The first-order chi connectivity index (χ1) is 9.33. The molecule has 1 aliphatic heterocycles. The lowest BCUT2D eigenvalue weighted by Gasteiger charge is -2.11. The quantitative estimate of drug-likeness (QED) is 0.887. The lowest BCUT2D eigenvalue weighted by Crippen LogP contribution is -2.36. The van der Waals surface area contributed by atoms with Gasteiger partial charge >= 0.3 is 0 Å². The zero-order valence-electron chi connectivity index (χ0n) is 11.2. The van der Waals surface area contributed by atoms with E-state index < -0.39 is 0 Å². The largest absolute Gasteiger partial charge is 0.347 e. The first-order valence-electron chi connectivity index (χ1n) is 6.30. The van der Waals surface area contributed by atoms with Gasteiger partial charge in [0.2, 0.25) is 0 Å². The molecule has 1 unspecified atom stereocenters.